The van der Waals surface area contributed by atoms with Gasteiger partial charge in [-0.05, 0) is 46.6 Å². The van der Waals surface area contributed by atoms with Crippen molar-refractivity contribution in [3.63, 3.8) is 0 Å². The fourth-order valence-electron chi connectivity index (χ4n) is 4.04. The van der Waals surface area contributed by atoms with Gasteiger partial charge in [-0.15, -0.1) is 0 Å². The number of ketones is 2. The minimum atomic E-state index is -0.455. The summed E-state index contributed by atoms with van der Waals surface area (Å²) in [5.41, 5.74) is 1.80. The van der Waals surface area contributed by atoms with Crippen molar-refractivity contribution in [3.8, 4) is 11.5 Å². The van der Waals surface area contributed by atoms with E-state index in [1.807, 2.05) is 27.7 Å². The molecule has 1 aliphatic heterocycles. The predicted molar refractivity (Wildman–Crippen MR) is 103 cm³/mol. The second kappa shape index (κ2) is 6.55. The molecule has 1 aromatic rings. The van der Waals surface area contributed by atoms with Crippen LogP contribution in [0, 0.1) is 0 Å². The summed E-state index contributed by atoms with van der Waals surface area (Å²) in [6.45, 7) is 9.63. The molecular formula is C22H26O5. The van der Waals surface area contributed by atoms with Gasteiger partial charge in [0.05, 0.1) is 12.7 Å². The number of rotatable bonds is 4. The Hall–Kier alpha value is -2.56. The van der Waals surface area contributed by atoms with E-state index >= 15 is 0 Å². The summed E-state index contributed by atoms with van der Waals surface area (Å²) in [7, 11) is 1.36. The molecular weight excluding hydrogens is 344 g/mol. The van der Waals surface area contributed by atoms with Gasteiger partial charge in [-0.3, -0.25) is 9.59 Å². The molecule has 3 rings (SSSR count). The zero-order chi connectivity index (χ0) is 20.1. The molecule has 0 amide bonds. The van der Waals surface area contributed by atoms with Crippen molar-refractivity contribution in [2.24, 2.45) is 0 Å². The fourth-order valence-corrected chi connectivity index (χ4v) is 4.04. The van der Waals surface area contributed by atoms with Crippen LogP contribution in [0.3, 0.4) is 0 Å². The second-order valence-corrected chi connectivity index (χ2v) is 7.84. The van der Waals surface area contributed by atoms with Crippen LogP contribution in [-0.4, -0.2) is 29.9 Å². The molecule has 144 valence electrons. The van der Waals surface area contributed by atoms with Gasteiger partial charge >= 0.3 is 0 Å². The van der Waals surface area contributed by atoms with Gasteiger partial charge in [0, 0.05) is 22.1 Å². The Balaban J connectivity index is 2.16. The summed E-state index contributed by atoms with van der Waals surface area (Å²) in [6, 6.07) is 1.58. The smallest absolute Gasteiger partial charge is 0.228 e. The minimum absolute atomic E-state index is 0.0178. The third-order valence-corrected chi connectivity index (χ3v) is 5.82. The second-order valence-electron chi connectivity index (χ2n) is 7.84. The molecule has 5 heteroatoms. The zero-order valence-corrected chi connectivity index (χ0v) is 16.7. The van der Waals surface area contributed by atoms with E-state index in [0.717, 1.165) is 12.8 Å². The number of methoxy groups -OCH3 is 1. The van der Waals surface area contributed by atoms with Crippen molar-refractivity contribution < 1.29 is 24.2 Å². The zero-order valence-electron chi connectivity index (χ0n) is 16.7. The highest BCUT2D eigenvalue weighted by molar-refractivity contribution is 6.27. The first-order chi connectivity index (χ1) is 12.6. The number of fused-ring (bicyclic) bond motifs is 2. The predicted octanol–water partition coefficient (Wildman–Crippen LogP) is 4.48. The van der Waals surface area contributed by atoms with E-state index in [-0.39, 0.29) is 40.1 Å². The maximum Gasteiger partial charge on any atom is 0.228 e. The first-order valence-electron chi connectivity index (χ1n) is 9.18. The first-order valence-corrected chi connectivity index (χ1v) is 9.18. The molecule has 0 saturated carbocycles. The molecule has 0 spiro atoms. The summed E-state index contributed by atoms with van der Waals surface area (Å²) in [4.78, 5) is 25.6. The number of ether oxygens (including phenoxy) is 2. The van der Waals surface area contributed by atoms with Crippen molar-refractivity contribution in [2.45, 2.75) is 59.0 Å². The number of carbonyl (C=O) groups is 2. The quantitative estimate of drug-likeness (QED) is 0.791. The van der Waals surface area contributed by atoms with Gasteiger partial charge in [0.15, 0.2) is 11.5 Å². The number of phenolic OH excluding ortho intramolecular Hbond substituents is 1. The Kier molecular flexibility index (Phi) is 4.66. The lowest BCUT2D eigenvalue weighted by Gasteiger charge is -2.29. The Morgan fingerprint density at radius 1 is 1.33 bits per heavy atom. The van der Waals surface area contributed by atoms with Crippen molar-refractivity contribution in [1.82, 2.24) is 0 Å². The molecule has 0 radical (unpaired) electrons. The van der Waals surface area contributed by atoms with Crippen molar-refractivity contribution in [2.75, 3.05) is 7.11 Å². The van der Waals surface area contributed by atoms with Gasteiger partial charge in [0.25, 0.3) is 0 Å². The van der Waals surface area contributed by atoms with Gasteiger partial charge in [0.1, 0.15) is 17.6 Å². The number of Topliss-reactive ketones (excluding diaryl/α,β-unsaturated/α-hetero) is 2. The number of hydrogen-bond acceptors (Lipinski definition) is 5. The SMILES string of the molecule is COC1=C(C)C(=O)c2c(cc3c(c2O)C(C)(CCC=C(C)C)C(C)O3)C1=O. The summed E-state index contributed by atoms with van der Waals surface area (Å²) in [5.74, 6) is -0.441. The van der Waals surface area contributed by atoms with Gasteiger partial charge < -0.3 is 14.6 Å². The summed E-state index contributed by atoms with van der Waals surface area (Å²) < 4.78 is 11.1. The number of allylic oxidation sites excluding steroid dienone is 4. The third kappa shape index (κ3) is 2.76. The molecule has 1 N–H and O–H groups in total. The molecule has 2 aliphatic rings. The van der Waals surface area contributed by atoms with Gasteiger partial charge in [-0.1, -0.05) is 18.6 Å². The van der Waals surface area contributed by atoms with Crippen molar-refractivity contribution in [1.29, 1.82) is 0 Å². The Morgan fingerprint density at radius 3 is 2.59 bits per heavy atom. The minimum Gasteiger partial charge on any atom is -0.507 e. The van der Waals surface area contributed by atoms with E-state index in [2.05, 4.69) is 6.08 Å². The van der Waals surface area contributed by atoms with E-state index in [4.69, 9.17) is 9.47 Å². The van der Waals surface area contributed by atoms with E-state index in [1.54, 1.807) is 13.0 Å². The fraction of sp³-hybridized carbons (Fsp3) is 0.455. The molecule has 5 nitrogen and oxygen atoms in total. The van der Waals surface area contributed by atoms with Crippen LogP contribution in [-0.2, 0) is 10.2 Å². The molecule has 0 saturated heterocycles. The molecule has 1 aliphatic carbocycles. The van der Waals surface area contributed by atoms with Crippen LogP contribution in [0.4, 0.5) is 0 Å². The third-order valence-electron chi connectivity index (χ3n) is 5.82. The van der Waals surface area contributed by atoms with Gasteiger partial charge in [-0.25, -0.2) is 0 Å². The monoisotopic (exact) mass is 370 g/mol. The molecule has 2 unspecified atom stereocenters. The molecule has 0 aromatic heterocycles. The van der Waals surface area contributed by atoms with Crippen LogP contribution in [0.15, 0.2) is 29.0 Å². The standard InChI is InChI=1S/C22H26O5/c1-11(2)8-7-9-22(5)13(4)27-15-10-14-16(20(25)17(15)22)18(23)12(3)21(26-6)19(14)24/h8,10,13,25H,7,9H2,1-6H3. The van der Waals surface area contributed by atoms with Gasteiger partial charge in [0.2, 0.25) is 5.78 Å². The summed E-state index contributed by atoms with van der Waals surface area (Å²) in [5, 5.41) is 11.1. The van der Waals surface area contributed by atoms with Crippen LogP contribution in [0.25, 0.3) is 0 Å². The lowest BCUT2D eigenvalue weighted by molar-refractivity contribution is 0.0904. The van der Waals surface area contributed by atoms with Crippen LogP contribution in [0.2, 0.25) is 0 Å². The Bertz CT molecular complexity index is 902. The van der Waals surface area contributed by atoms with Crippen LogP contribution in [0.5, 0.6) is 11.5 Å². The van der Waals surface area contributed by atoms with E-state index in [1.165, 1.54) is 12.7 Å². The highest BCUT2D eigenvalue weighted by Crippen LogP contribution is 2.53. The Morgan fingerprint density at radius 2 is 2.00 bits per heavy atom. The van der Waals surface area contributed by atoms with E-state index < -0.39 is 11.2 Å². The molecule has 1 heterocycles. The van der Waals surface area contributed by atoms with Gasteiger partial charge in [-0.2, -0.15) is 0 Å². The Labute approximate surface area is 159 Å². The first kappa shape index (κ1) is 19.2. The maximum atomic E-state index is 12.8. The topological polar surface area (TPSA) is 72.8 Å². The van der Waals surface area contributed by atoms with E-state index in [9.17, 15) is 14.7 Å². The number of benzene rings is 1. The summed E-state index contributed by atoms with van der Waals surface area (Å²) >= 11 is 0. The lowest BCUT2D eigenvalue weighted by Crippen LogP contribution is -2.33. The molecule has 27 heavy (non-hydrogen) atoms. The number of aromatic hydroxyl groups is 1. The largest absolute Gasteiger partial charge is 0.507 e. The van der Waals surface area contributed by atoms with E-state index in [0.29, 0.717) is 11.3 Å². The molecule has 0 bridgehead atoms. The van der Waals surface area contributed by atoms with Crippen molar-refractivity contribution in [3.05, 3.63) is 45.7 Å². The molecule has 0 fully saturated rings. The van der Waals surface area contributed by atoms with Crippen LogP contribution >= 0.6 is 0 Å². The average molecular weight is 370 g/mol. The highest BCUT2D eigenvalue weighted by Gasteiger charge is 2.47. The maximum absolute atomic E-state index is 12.8. The summed E-state index contributed by atoms with van der Waals surface area (Å²) in [6.07, 6.45) is 3.56. The number of hydrogen-bond donors (Lipinski definition) is 1. The average Bonchev–Trinajstić information content (AvgIpc) is 2.84. The lowest BCUT2D eigenvalue weighted by atomic mass is 9.73. The van der Waals surface area contributed by atoms with Crippen LogP contribution < -0.4 is 4.74 Å². The number of phenols is 1. The number of carbonyl (C=O) groups excluding carboxylic acids is 2. The highest BCUT2D eigenvalue weighted by atomic mass is 16.5. The molecule has 1 aromatic carbocycles. The molecule has 2 atom stereocenters. The normalized spacial score (nSPS) is 23.7. The van der Waals surface area contributed by atoms with Crippen LogP contribution in [0.1, 0.15) is 73.7 Å². The van der Waals surface area contributed by atoms with Crippen molar-refractivity contribution >= 4 is 11.6 Å².